The third-order valence-corrected chi connectivity index (χ3v) is 2.54. The molecule has 2 atom stereocenters. The summed E-state index contributed by atoms with van der Waals surface area (Å²) >= 11 is 5.49. The average Bonchev–Trinajstić information content (AvgIpc) is 2.17. The minimum Gasteiger partial charge on any atom is -0.392 e. The number of halogens is 1. The molecule has 0 rings (SSSR count). The van der Waals surface area contributed by atoms with E-state index in [0.29, 0.717) is 12.3 Å². The molecule has 0 aromatic rings. The van der Waals surface area contributed by atoms with Crippen molar-refractivity contribution in [1.82, 2.24) is 0 Å². The second-order valence-electron chi connectivity index (χ2n) is 3.79. The van der Waals surface area contributed by atoms with Gasteiger partial charge in [-0.05, 0) is 13.3 Å². The van der Waals surface area contributed by atoms with E-state index in [-0.39, 0.29) is 6.10 Å². The van der Waals surface area contributed by atoms with E-state index in [9.17, 15) is 5.11 Å². The lowest BCUT2D eigenvalue weighted by Crippen LogP contribution is -2.19. The van der Waals surface area contributed by atoms with Crippen LogP contribution >= 0.6 is 11.6 Å². The van der Waals surface area contributed by atoms with Crippen molar-refractivity contribution in [2.75, 3.05) is 12.5 Å². The highest BCUT2D eigenvalue weighted by atomic mass is 35.5. The molecule has 0 aliphatic carbocycles. The highest BCUT2D eigenvalue weighted by Gasteiger charge is 2.08. The number of rotatable bonds is 9. The topological polar surface area (TPSA) is 29.5 Å². The molecule has 1 N–H and O–H groups in total. The average molecular weight is 223 g/mol. The van der Waals surface area contributed by atoms with E-state index in [1.54, 1.807) is 0 Å². The largest absolute Gasteiger partial charge is 0.392 e. The molecule has 2 unspecified atom stereocenters. The van der Waals surface area contributed by atoms with Crippen LogP contribution in [0.25, 0.3) is 0 Å². The lowest BCUT2D eigenvalue weighted by atomic mass is 10.2. The molecule has 0 spiro atoms. The first-order valence-electron chi connectivity index (χ1n) is 5.56. The van der Waals surface area contributed by atoms with Crippen LogP contribution in [-0.2, 0) is 4.74 Å². The van der Waals surface area contributed by atoms with Crippen molar-refractivity contribution in [1.29, 1.82) is 0 Å². The third-order valence-electron chi connectivity index (χ3n) is 2.18. The number of ether oxygens (including phenoxy) is 1. The van der Waals surface area contributed by atoms with Crippen molar-refractivity contribution < 1.29 is 9.84 Å². The van der Waals surface area contributed by atoms with Gasteiger partial charge in [0.2, 0.25) is 0 Å². The molecule has 2 nitrogen and oxygen atoms in total. The summed E-state index contributed by atoms with van der Waals surface area (Å²) in [7, 11) is 0. The second kappa shape index (κ2) is 9.75. The van der Waals surface area contributed by atoms with Crippen molar-refractivity contribution in [3.8, 4) is 0 Å². The van der Waals surface area contributed by atoms with Crippen LogP contribution in [0.2, 0.25) is 0 Å². The summed E-state index contributed by atoms with van der Waals surface area (Å²) in [6.45, 7) is 4.98. The summed E-state index contributed by atoms with van der Waals surface area (Å²) in [6.07, 6.45) is 5.21. The van der Waals surface area contributed by atoms with Gasteiger partial charge in [0, 0.05) is 18.9 Å². The summed E-state index contributed by atoms with van der Waals surface area (Å²) in [5.74, 6) is 0.295. The number of hydrogen-bond donors (Lipinski definition) is 1. The predicted molar refractivity (Wildman–Crippen MR) is 60.9 cm³/mol. The Labute approximate surface area is 92.6 Å². The van der Waals surface area contributed by atoms with Crippen molar-refractivity contribution in [3.05, 3.63) is 0 Å². The molecule has 0 aliphatic rings. The summed E-state index contributed by atoms with van der Waals surface area (Å²) < 4.78 is 5.54. The standard InChI is InChI=1S/C11H23ClO2/c1-3-4-5-6-7-14-10(2)8-11(13)9-12/h10-11,13H,3-9H2,1-2H3. The van der Waals surface area contributed by atoms with Crippen molar-refractivity contribution in [2.45, 2.75) is 58.2 Å². The van der Waals surface area contributed by atoms with E-state index >= 15 is 0 Å². The second-order valence-corrected chi connectivity index (χ2v) is 4.09. The number of aliphatic hydroxyl groups is 1. The van der Waals surface area contributed by atoms with Gasteiger partial charge in [-0.25, -0.2) is 0 Å². The molecule has 0 amide bonds. The first-order valence-corrected chi connectivity index (χ1v) is 6.09. The zero-order valence-corrected chi connectivity index (χ0v) is 10.1. The molecule has 0 aromatic carbocycles. The van der Waals surface area contributed by atoms with Gasteiger partial charge >= 0.3 is 0 Å². The van der Waals surface area contributed by atoms with Gasteiger partial charge < -0.3 is 9.84 Å². The Kier molecular flexibility index (Phi) is 9.90. The van der Waals surface area contributed by atoms with Crippen LogP contribution in [0.3, 0.4) is 0 Å². The molecule has 0 bridgehead atoms. The number of hydrogen-bond acceptors (Lipinski definition) is 2. The Morgan fingerprint density at radius 2 is 2.00 bits per heavy atom. The molecule has 0 saturated carbocycles. The summed E-state index contributed by atoms with van der Waals surface area (Å²) in [5, 5.41) is 9.26. The van der Waals surface area contributed by atoms with Gasteiger partial charge in [-0.15, -0.1) is 11.6 Å². The number of aliphatic hydroxyl groups excluding tert-OH is 1. The number of alkyl halides is 1. The number of unbranched alkanes of at least 4 members (excludes halogenated alkanes) is 3. The van der Waals surface area contributed by atoms with Gasteiger partial charge in [-0.2, -0.15) is 0 Å². The minimum absolute atomic E-state index is 0.116. The zero-order chi connectivity index (χ0) is 10.8. The van der Waals surface area contributed by atoms with Gasteiger partial charge in [-0.3, -0.25) is 0 Å². The smallest absolute Gasteiger partial charge is 0.0700 e. The molecule has 0 heterocycles. The highest BCUT2D eigenvalue weighted by Crippen LogP contribution is 2.06. The monoisotopic (exact) mass is 222 g/mol. The van der Waals surface area contributed by atoms with Gasteiger partial charge in [-0.1, -0.05) is 26.2 Å². The molecule has 0 radical (unpaired) electrons. The molecular weight excluding hydrogens is 200 g/mol. The van der Waals surface area contributed by atoms with Gasteiger partial charge in [0.15, 0.2) is 0 Å². The maximum absolute atomic E-state index is 9.26. The van der Waals surface area contributed by atoms with Crippen LogP contribution < -0.4 is 0 Å². The molecule has 86 valence electrons. The quantitative estimate of drug-likeness (QED) is 0.480. The van der Waals surface area contributed by atoms with Crippen molar-refractivity contribution >= 4 is 11.6 Å². The summed E-state index contributed by atoms with van der Waals surface area (Å²) in [6, 6.07) is 0. The van der Waals surface area contributed by atoms with Crippen LogP contribution in [0.15, 0.2) is 0 Å². The van der Waals surface area contributed by atoms with Gasteiger partial charge in [0.1, 0.15) is 0 Å². The lowest BCUT2D eigenvalue weighted by molar-refractivity contribution is 0.0281. The fourth-order valence-electron chi connectivity index (χ4n) is 1.33. The van der Waals surface area contributed by atoms with Crippen LogP contribution in [0.4, 0.5) is 0 Å². The first kappa shape index (κ1) is 14.2. The Bertz CT molecular complexity index is 120. The van der Waals surface area contributed by atoms with E-state index in [4.69, 9.17) is 16.3 Å². The van der Waals surface area contributed by atoms with Crippen LogP contribution in [0, 0.1) is 0 Å². The van der Waals surface area contributed by atoms with Crippen molar-refractivity contribution in [2.24, 2.45) is 0 Å². The fraction of sp³-hybridized carbons (Fsp3) is 1.00. The Balaban J connectivity index is 3.22. The molecule has 0 aliphatic heterocycles. The molecule has 3 heteroatoms. The lowest BCUT2D eigenvalue weighted by Gasteiger charge is -2.15. The fourth-order valence-corrected chi connectivity index (χ4v) is 1.45. The van der Waals surface area contributed by atoms with Crippen LogP contribution in [-0.4, -0.2) is 29.8 Å². The van der Waals surface area contributed by atoms with Crippen LogP contribution in [0.5, 0.6) is 0 Å². The van der Waals surface area contributed by atoms with Gasteiger partial charge in [0.05, 0.1) is 12.2 Å². The Morgan fingerprint density at radius 1 is 1.29 bits per heavy atom. The van der Waals surface area contributed by atoms with E-state index in [0.717, 1.165) is 13.0 Å². The zero-order valence-electron chi connectivity index (χ0n) is 9.34. The Hall–Kier alpha value is 0.210. The molecule has 0 aromatic heterocycles. The molecule has 14 heavy (non-hydrogen) atoms. The van der Waals surface area contributed by atoms with Gasteiger partial charge in [0.25, 0.3) is 0 Å². The Morgan fingerprint density at radius 3 is 2.57 bits per heavy atom. The molecule has 0 saturated heterocycles. The van der Waals surface area contributed by atoms with Crippen LogP contribution in [0.1, 0.15) is 46.0 Å². The molecular formula is C11H23ClO2. The normalized spacial score (nSPS) is 15.4. The third kappa shape index (κ3) is 8.79. The van der Waals surface area contributed by atoms with E-state index in [1.807, 2.05) is 6.92 Å². The van der Waals surface area contributed by atoms with Crippen molar-refractivity contribution in [3.63, 3.8) is 0 Å². The minimum atomic E-state index is -0.428. The highest BCUT2D eigenvalue weighted by molar-refractivity contribution is 6.18. The van der Waals surface area contributed by atoms with E-state index in [1.165, 1.54) is 19.3 Å². The predicted octanol–water partition coefficient (Wildman–Crippen LogP) is 2.96. The first-order chi connectivity index (χ1) is 6.70. The SMILES string of the molecule is CCCCCCOC(C)CC(O)CCl. The summed E-state index contributed by atoms with van der Waals surface area (Å²) in [5.41, 5.74) is 0. The summed E-state index contributed by atoms with van der Waals surface area (Å²) in [4.78, 5) is 0. The maximum Gasteiger partial charge on any atom is 0.0700 e. The maximum atomic E-state index is 9.26. The van der Waals surface area contributed by atoms with E-state index in [2.05, 4.69) is 6.92 Å². The molecule has 0 fully saturated rings. The van der Waals surface area contributed by atoms with E-state index < -0.39 is 6.10 Å².